The monoisotopic (exact) mass is 328 g/mol. The summed E-state index contributed by atoms with van der Waals surface area (Å²) in [5, 5.41) is 0. The molecule has 120 valence electrons. The predicted molar refractivity (Wildman–Crippen MR) is 68.1 cm³/mol. The Hall–Kier alpha value is -1.11. The first-order chi connectivity index (χ1) is 9.69. The minimum Gasteiger partial charge on any atom is -0.456 e. The Kier molecular flexibility index (Phi) is 5.78. The molecule has 0 amide bonds. The summed E-state index contributed by atoms with van der Waals surface area (Å²) in [6.07, 6.45) is -4.68. The van der Waals surface area contributed by atoms with Crippen LogP contribution in [0.5, 0.6) is 0 Å². The van der Waals surface area contributed by atoms with E-state index in [-0.39, 0.29) is 25.3 Å². The van der Waals surface area contributed by atoms with Gasteiger partial charge in [-0.15, -0.1) is 0 Å². The third kappa shape index (κ3) is 3.96. The SMILES string of the molecule is CCOP(=O)(OCC)C(C=O)c1cc(C)oc1C(F)(F)F. The van der Waals surface area contributed by atoms with Gasteiger partial charge in [-0.1, -0.05) is 0 Å². The van der Waals surface area contributed by atoms with Crippen LogP contribution < -0.4 is 0 Å². The largest absolute Gasteiger partial charge is 0.456 e. The molecular formula is C12H16F3O5P. The van der Waals surface area contributed by atoms with Crippen LogP contribution in [0.4, 0.5) is 13.2 Å². The Morgan fingerprint density at radius 1 is 1.33 bits per heavy atom. The molecule has 5 nitrogen and oxygen atoms in total. The lowest BCUT2D eigenvalue weighted by Crippen LogP contribution is -2.13. The molecule has 0 radical (unpaired) electrons. The molecule has 0 aliphatic heterocycles. The van der Waals surface area contributed by atoms with E-state index in [0.29, 0.717) is 0 Å². The minimum atomic E-state index is -4.81. The van der Waals surface area contributed by atoms with E-state index in [2.05, 4.69) is 4.42 Å². The number of hydrogen-bond donors (Lipinski definition) is 0. The van der Waals surface area contributed by atoms with Crippen LogP contribution in [0.3, 0.4) is 0 Å². The summed E-state index contributed by atoms with van der Waals surface area (Å²) in [5.41, 5.74) is -2.23. The van der Waals surface area contributed by atoms with E-state index in [1.807, 2.05) is 0 Å². The Morgan fingerprint density at radius 3 is 2.24 bits per heavy atom. The highest BCUT2D eigenvalue weighted by atomic mass is 31.2. The van der Waals surface area contributed by atoms with Crippen LogP contribution in [0.25, 0.3) is 0 Å². The number of alkyl halides is 3. The molecule has 0 spiro atoms. The van der Waals surface area contributed by atoms with Crippen molar-refractivity contribution in [3.63, 3.8) is 0 Å². The molecule has 0 N–H and O–H groups in total. The molecule has 1 heterocycles. The molecule has 0 aromatic carbocycles. The van der Waals surface area contributed by atoms with Gasteiger partial charge in [0.1, 0.15) is 17.7 Å². The maximum Gasteiger partial charge on any atom is 0.449 e. The van der Waals surface area contributed by atoms with Crippen LogP contribution in [0, 0.1) is 6.92 Å². The average molecular weight is 328 g/mol. The lowest BCUT2D eigenvalue weighted by Gasteiger charge is -2.22. The van der Waals surface area contributed by atoms with E-state index in [1.165, 1.54) is 20.8 Å². The van der Waals surface area contributed by atoms with Gasteiger partial charge in [0.25, 0.3) is 0 Å². The van der Waals surface area contributed by atoms with Crippen molar-refractivity contribution in [2.24, 2.45) is 0 Å². The van der Waals surface area contributed by atoms with Gasteiger partial charge in [-0.3, -0.25) is 4.57 Å². The lowest BCUT2D eigenvalue weighted by molar-refractivity contribution is -0.154. The molecule has 0 aliphatic carbocycles. The fraction of sp³-hybridized carbons (Fsp3) is 0.583. The van der Waals surface area contributed by atoms with Crippen molar-refractivity contribution in [2.75, 3.05) is 13.2 Å². The summed E-state index contributed by atoms with van der Waals surface area (Å²) in [4.78, 5) is 11.2. The Bertz CT molecular complexity index is 527. The second-order valence-electron chi connectivity index (χ2n) is 4.10. The van der Waals surface area contributed by atoms with Crippen LogP contribution in [0.2, 0.25) is 0 Å². The maximum atomic E-state index is 12.9. The van der Waals surface area contributed by atoms with Gasteiger partial charge in [-0.05, 0) is 26.8 Å². The number of hydrogen-bond acceptors (Lipinski definition) is 5. The highest BCUT2D eigenvalue weighted by Gasteiger charge is 2.46. The first kappa shape index (κ1) is 17.9. The summed E-state index contributed by atoms with van der Waals surface area (Å²) in [6, 6.07) is 1.02. The van der Waals surface area contributed by atoms with Crippen molar-refractivity contribution in [1.29, 1.82) is 0 Å². The standard InChI is InChI=1S/C12H16F3O5P/c1-4-18-21(17,19-5-2)10(7-16)9-6-8(3)20-11(9)12(13,14)15/h6-7,10H,4-5H2,1-3H3. The van der Waals surface area contributed by atoms with E-state index in [4.69, 9.17) is 9.05 Å². The molecular weight excluding hydrogens is 312 g/mol. The number of rotatable bonds is 7. The van der Waals surface area contributed by atoms with Gasteiger partial charge in [0, 0.05) is 5.56 Å². The number of aryl methyl sites for hydroxylation is 1. The van der Waals surface area contributed by atoms with Gasteiger partial charge in [-0.25, -0.2) is 0 Å². The second-order valence-corrected chi connectivity index (χ2v) is 6.25. The van der Waals surface area contributed by atoms with Crippen LogP contribution >= 0.6 is 7.60 Å². The molecule has 1 rings (SSSR count). The average Bonchev–Trinajstić information content (AvgIpc) is 2.72. The van der Waals surface area contributed by atoms with Crippen molar-refractivity contribution in [1.82, 2.24) is 0 Å². The van der Waals surface area contributed by atoms with Crippen LogP contribution in [0.1, 0.15) is 36.6 Å². The molecule has 0 aliphatic rings. The van der Waals surface area contributed by atoms with E-state index in [0.717, 1.165) is 6.07 Å². The molecule has 21 heavy (non-hydrogen) atoms. The predicted octanol–water partition coefficient (Wildman–Crippen LogP) is 4.11. The van der Waals surface area contributed by atoms with Gasteiger partial charge in [-0.2, -0.15) is 13.2 Å². The number of furan rings is 1. The zero-order valence-corrected chi connectivity index (χ0v) is 12.7. The zero-order valence-electron chi connectivity index (χ0n) is 11.8. The van der Waals surface area contributed by atoms with Gasteiger partial charge in [0.05, 0.1) is 13.2 Å². The Morgan fingerprint density at radius 2 is 1.86 bits per heavy atom. The van der Waals surface area contributed by atoms with Crippen molar-refractivity contribution >= 4 is 13.9 Å². The molecule has 1 aromatic heterocycles. The van der Waals surface area contributed by atoms with Crippen molar-refractivity contribution < 1.29 is 36.0 Å². The molecule has 1 unspecified atom stereocenters. The summed E-state index contributed by atoms with van der Waals surface area (Å²) < 4.78 is 65.9. The van der Waals surface area contributed by atoms with Crippen LogP contribution in [0.15, 0.2) is 10.5 Å². The summed E-state index contributed by atoms with van der Waals surface area (Å²) >= 11 is 0. The topological polar surface area (TPSA) is 65.7 Å². The van der Waals surface area contributed by atoms with Gasteiger partial charge >= 0.3 is 13.8 Å². The number of carbonyl (C=O) groups excluding carboxylic acids is 1. The fourth-order valence-corrected chi connectivity index (χ4v) is 3.65. The molecule has 0 saturated carbocycles. The molecule has 0 bridgehead atoms. The second kappa shape index (κ2) is 6.77. The van der Waals surface area contributed by atoms with Crippen molar-refractivity contribution in [3.8, 4) is 0 Å². The fourth-order valence-electron chi connectivity index (χ4n) is 1.85. The normalized spacial score (nSPS) is 14.2. The molecule has 9 heteroatoms. The van der Waals surface area contributed by atoms with Gasteiger partial charge in [0.2, 0.25) is 5.76 Å². The Balaban J connectivity index is 3.39. The molecule has 1 aromatic rings. The molecule has 0 saturated heterocycles. The lowest BCUT2D eigenvalue weighted by atomic mass is 10.2. The first-order valence-electron chi connectivity index (χ1n) is 6.21. The third-order valence-electron chi connectivity index (χ3n) is 2.55. The number of aldehydes is 1. The van der Waals surface area contributed by atoms with Crippen molar-refractivity contribution in [2.45, 2.75) is 32.6 Å². The van der Waals surface area contributed by atoms with E-state index < -0.39 is 30.8 Å². The highest BCUT2D eigenvalue weighted by Crippen LogP contribution is 2.61. The first-order valence-corrected chi connectivity index (χ1v) is 7.82. The summed E-state index contributed by atoms with van der Waals surface area (Å²) in [5.74, 6) is -1.42. The van der Waals surface area contributed by atoms with Gasteiger partial charge < -0.3 is 18.3 Å². The molecule has 1 atom stereocenters. The van der Waals surface area contributed by atoms with E-state index >= 15 is 0 Å². The van der Waals surface area contributed by atoms with Crippen LogP contribution in [-0.4, -0.2) is 19.5 Å². The summed E-state index contributed by atoms with van der Waals surface area (Å²) in [6.45, 7) is 4.16. The summed E-state index contributed by atoms with van der Waals surface area (Å²) in [7, 11) is -4.06. The Labute approximate surface area is 119 Å². The minimum absolute atomic E-state index is 0.0521. The maximum absolute atomic E-state index is 12.9. The number of halogens is 3. The van der Waals surface area contributed by atoms with Gasteiger partial charge in [0.15, 0.2) is 0 Å². The number of carbonyl (C=O) groups is 1. The smallest absolute Gasteiger partial charge is 0.449 e. The zero-order chi connectivity index (χ0) is 16.3. The van der Waals surface area contributed by atoms with E-state index in [9.17, 15) is 22.5 Å². The quantitative estimate of drug-likeness (QED) is 0.556. The highest BCUT2D eigenvalue weighted by molar-refractivity contribution is 7.55. The van der Waals surface area contributed by atoms with Crippen molar-refractivity contribution in [3.05, 3.63) is 23.2 Å². The van der Waals surface area contributed by atoms with E-state index in [1.54, 1.807) is 0 Å². The molecule has 0 fully saturated rings. The van der Waals surface area contributed by atoms with Crippen LogP contribution in [-0.2, 0) is 24.6 Å². The third-order valence-corrected chi connectivity index (χ3v) is 4.87.